The quantitative estimate of drug-likeness (QED) is 0.768. The first kappa shape index (κ1) is 15.7. The van der Waals surface area contributed by atoms with Gasteiger partial charge in [0.15, 0.2) is 0 Å². The first-order valence-corrected chi connectivity index (χ1v) is 7.70. The lowest BCUT2D eigenvalue weighted by Crippen LogP contribution is -2.57. The summed E-state index contributed by atoms with van der Waals surface area (Å²) in [6.45, 7) is 1.86. The molecule has 2 fully saturated rings. The molecular formula is C15H28N2O3. The summed E-state index contributed by atoms with van der Waals surface area (Å²) in [6.07, 6.45) is 6.57. The number of nitrogens with one attached hydrogen (secondary N) is 1. The van der Waals surface area contributed by atoms with Crippen molar-refractivity contribution in [2.45, 2.75) is 56.2 Å². The normalized spacial score (nSPS) is 34.4. The van der Waals surface area contributed by atoms with E-state index in [1.807, 2.05) is 7.05 Å². The molecule has 2 rings (SSSR count). The van der Waals surface area contributed by atoms with E-state index < -0.39 is 5.54 Å². The van der Waals surface area contributed by atoms with Crippen LogP contribution in [-0.4, -0.2) is 62.9 Å². The molecule has 1 saturated carbocycles. The van der Waals surface area contributed by atoms with Crippen LogP contribution >= 0.6 is 0 Å². The summed E-state index contributed by atoms with van der Waals surface area (Å²) >= 11 is 0. The summed E-state index contributed by atoms with van der Waals surface area (Å²) in [5.41, 5.74) is -0.511. The van der Waals surface area contributed by atoms with Crippen LogP contribution in [0.4, 0.5) is 0 Å². The number of ether oxygens (including phenoxy) is 2. The Kier molecular flexibility index (Phi) is 5.41. The molecule has 0 radical (unpaired) electrons. The maximum atomic E-state index is 12.1. The Hall–Kier alpha value is -0.650. The van der Waals surface area contributed by atoms with Gasteiger partial charge in [-0.1, -0.05) is 0 Å². The van der Waals surface area contributed by atoms with Gasteiger partial charge in [-0.3, -0.25) is 4.79 Å². The summed E-state index contributed by atoms with van der Waals surface area (Å²) in [7, 11) is 5.48. The maximum absolute atomic E-state index is 12.1. The summed E-state index contributed by atoms with van der Waals surface area (Å²) in [4.78, 5) is 14.5. The second kappa shape index (κ2) is 6.87. The number of carbonyl (C=O) groups is 1. The van der Waals surface area contributed by atoms with Crippen molar-refractivity contribution in [1.29, 1.82) is 0 Å². The van der Waals surface area contributed by atoms with E-state index in [9.17, 15) is 4.79 Å². The fourth-order valence-electron chi connectivity index (χ4n) is 3.59. The Bertz CT molecular complexity index is 331. The second-order valence-corrected chi connectivity index (χ2v) is 6.15. The molecule has 0 bridgehead atoms. The molecule has 0 amide bonds. The predicted molar refractivity (Wildman–Crippen MR) is 77.7 cm³/mol. The smallest absolute Gasteiger partial charge is 0.326 e. The lowest BCUT2D eigenvalue weighted by molar-refractivity contribution is -0.151. The van der Waals surface area contributed by atoms with Gasteiger partial charge in [-0.05, 0) is 52.6 Å². The molecule has 3 atom stereocenters. The number of hydrogen-bond donors (Lipinski definition) is 1. The molecule has 1 saturated heterocycles. The third-order valence-corrected chi connectivity index (χ3v) is 4.92. The van der Waals surface area contributed by atoms with Gasteiger partial charge in [0.25, 0.3) is 0 Å². The van der Waals surface area contributed by atoms with Crippen molar-refractivity contribution in [1.82, 2.24) is 10.2 Å². The first-order chi connectivity index (χ1) is 9.61. The molecular weight excluding hydrogens is 256 g/mol. The zero-order valence-corrected chi connectivity index (χ0v) is 13.0. The maximum Gasteiger partial charge on any atom is 0.326 e. The Morgan fingerprint density at radius 3 is 2.85 bits per heavy atom. The van der Waals surface area contributed by atoms with Gasteiger partial charge in [-0.2, -0.15) is 0 Å². The zero-order valence-electron chi connectivity index (χ0n) is 13.0. The van der Waals surface area contributed by atoms with E-state index in [0.717, 1.165) is 45.3 Å². The van der Waals surface area contributed by atoms with Crippen LogP contribution in [0.1, 0.15) is 38.5 Å². The Morgan fingerprint density at radius 1 is 1.45 bits per heavy atom. The molecule has 5 heteroatoms. The lowest BCUT2D eigenvalue weighted by Gasteiger charge is -2.42. The topological polar surface area (TPSA) is 50.8 Å². The van der Waals surface area contributed by atoms with Crippen molar-refractivity contribution in [2.75, 3.05) is 34.4 Å². The van der Waals surface area contributed by atoms with Gasteiger partial charge in [0.05, 0.1) is 13.2 Å². The summed E-state index contributed by atoms with van der Waals surface area (Å²) in [5, 5.41) is 3.21. The highest BCUT2D eigenvalue weighted by Gasteiger charge is 2.43. The molecule has 20 heavy (non-hydrogen) atoms. The van der Waals surface area contributed by atoms with E-state index in [-0.39, 0.29) is 5.97 Å². The third-order valence-electron chi connectivity index (χ3n) is 4.92. The van der Waals surface area contributed by atoms with Gasteiger partial charge in [0, 0.05) is 19.2 Å². The molecule has 3 unspecified atom stereocenters. The van der Waals surface area contributed by atoms with Crippen LogP contribution in [0.5, 0.6) is 0 Å². The molecule has 0 spiro atoms. The van der Waals surface area contributed by atoms with Crippen molar-refractivity contribution in [3.05, 3.63) is 0 Å². The van der Waals surface area contributed by atoms with Crippen molar-refractivity contribution in [2.24, 2.45) is 0 Å². The highest BCUT2D eigenvalue weighted by molar-refractivity contribution is 5.81. The molecule has 0 aromatic heterocycles. The van der Waals surface area contributed by atoms with Gasteiger partial charge >= 0.3 is 5.97 Å². The summed E-state index contributed by atoms with van der Waals surface area (Å²) in [6, 6.07) is 0.416. The van der Waals surface area contributed by atoms with E-state index in [1.165, 1.54) is 13.5 Å². The highest BCUT2D eigenvalue weighted by Crippen LogP contribution is 2.32. The first-order valence-electron chi connectivity index (χ1n) is 7.70. The van der Waals surface area contributed by atoms with Crippen LogP contribution in [0.3, 0.4) is 0 Å². The van der Waals surface area contributed by atoms with Crippen LogP contribution in [0, 0.1) is 0 Å². The lowest BCUT2D eigenvalue weighted by atomic mass is 9.78. The average Bonchev–Trinajstić information content (AvgIpc) is 2.99. The largest absolute Gasteiger partial charge is 0.468 e. The van der Waals surface area contributed by atoms with E-state index in [2.05, 4.69) is 17.3 Å². The van der Waals surface area contributed by atoms with Gasteiger partial charge in [-0.25, -0.2) is 0 Å². The van der Waals surface area contributed by atoms with Gasteiger partial charge in [0.1, 0.15) is 5.54 Å². The third kappa shape index (κ3) is 3.32. The van der Waals surface area contributed by atoms with Crippen molar-refractivity contribution in [3.8, 4) is 0 Å². The minimum atomic E-state index is -0.511. The number of hydrogen-bond acceptors (Lipinski definition) is 5. The molecule has 1 aliphatic heterocycles. The van der Waals surface area contributed by atoms with Crippen LogP contribution < -0.4 is 5.32 Å². The van der Waals surface area contributed by atoms with E-state index in [1.54, 1.807) is 0 Å². The summed E-state index contributed by atoms with van der Waals surface area (Å²) in [5.74, 6) is -0.129. The fraction of sp³-hybridized carbons (Fsp3) is 0.933. The fourth-order valence-corrected chi connectivity index (χ4v) is 3.59. The molecule has 0 aromatic rings. The number of rotatable bonds is 5. The van der Waals surface area contributed by atoms with Crippen LogP contribution in [0.2, 0.25) is 0 Å². The summed E-state index contributed by atoms with van der Waals surface area (Å²) < 4.78 is 10.7. The molecule has 1 heterocycles. The average molecular weight is 284 g/mol. The van der Waals surface area contributed by atoms with E-state index >= 15 is 0 Å². The van der Waals surface area contributed by atoms with E-state index in [4.69, 9.17) is 9.47 Å². The number of carbonyl (C=O) groups excluding carboxylic acids is 1. The number of likely N-dealkylation sites (N-methyl/N-ethyl adjacent to an activating group) is 2. The van der Waals surface area contributed by atoms with Crippen molar-refractivity contribution in [3.63, 3.8) is 0 Å². The highest BCUT2D eigenvalue weighted by atomic mass is 16.5. The minimum absolute atomic E-state index is 0.129. The van der Waals surface area contributed by atoms with Gasteiger partial charge in [-0.15, -0.1) is 0 Å². The van der Waals surface area contributed by atoms with E-state index in [0.29, 0.717) is 12.1 Å². The Labute approximate surface area is 122 Å². The van der Waals surface area contributed by atoms with Gasteiger partial charge in [0.2, 0.25) is 0 Å². The minimum Gasteiger partial charge on any atom is -0.468 e. The van der Waals surface area contributed by atoms with Crippen molar-refractivity contribution >= 4 is 5.97 Å². The zero-order chi connectivity index (χ0) is 14.6. The molecule has 1 aliphatic carbocycles. The second-order valence-electron chi connectivity index (χ2n) is 6.15. The Morgan fingerprint density at radius 2 is 2.25 bits per heavy atom. The van der Waals surface area contributed by atoms with Gasteiger partial charge < -0.3 is 19.7 Å². The molecule has 2 aliphatic rings. The van der Waals surface area contributed by atoms with Crippen LogP contribution in [-0.2, 0) is 14.3 Å². The molecule has 116 valence electrons. The monoisotopic (exact) mass is 284 g/mol. The number of methoxy groups -OCH3 is 1. The molecule has 5 nitrogen and oxygen atoms in total. The Balaban J connectivity index is 1.95. The predicted octanol–water partition coefficient (Wildman–Crippen LogP) is 1.17. The van der Waals surface area contributed by atoms with Crippen LogP contribution in [0.15, 0.2) is 0 Å². The number of nitrogens with zero attached hydrogens (tertiary/aromatic N) is 1. The van der Waals surface area contributed by atoms with Crippen LogP contribution in [0.25, 0.3) is 0 Å². The molecule has 1 N–H and O–H groups in total. The molecule has 0 aromatic carbocycles. The SMILES string of the molecule is CNC1(C(=O)OC)CCCC(N(C)CC2CCCO2)C1. The standard InChI is InChI=1S/C15H28N2O3/c1-16-15(14(18)19-3)8-4-6-12(10-15)17(2)11-13-7-5-9-20-13/h12-13,16H,4-11H2,1-3H3. The number of esters is 1. The van der Waals surface area contributed by atoms with Crippen molar-refractivity contribution < 1.29 is 14.3 Å².